The Kier molecular flexibility index (Phi) is 5.66. The summed E-state index contributed by atoms with van der Waals surface area (Å²) in [6.07, 6.45) is 2.07. The van der Waals surface area contributed by atoms with Crippen molar-refractivity contribution in [1.82, 2.24) is 10.2 Å². The van der Waals surface area contributed by atoms with Gasteiger partial charge in [-0.3, -0.25) is 5.41 Å². The van der Waals surface area contributed by atoms with Gasteiger partial charge in [0, 0.05) is 30.0 Å². The van der Waals surface area contributed by atoms with Crippen molar-refractivity contribution in [3.8, 4) is 0 Å². The van der Waals surface area contributed by atoms with Crippen molar-refractivity contribution in [2.24, 2.45) is 0 Å². The average molecular weight is 340 g/mol. The molecular formula is C20H25FN4. The lowest BCUT2D eigenvalue weighted by Gasteiger charge is -2.28. The standard InChI is InChI=1S/C20H25FN4/c1-15-4-9-19(24-17-7-5-16(21)6-8-17)18(14-15)20(22)25-12-2-10-23-11-3-13-25/h4-9,14,22-24H,2-3,10-13H2,1H3. The summed E-state index contributed by atoms with van der Waals surface area (Å²) in [6, 6.07) is 12.4. The van der Waals surface area contributed by atoms with Gasteiger partial charge in [-0.05, 0) is 69.3 Å². The molecule has 0 atom stereocenters. The SMILES string of the molecule is Cc1ccc(Nc2ccc(F)cc2)c(C(=N)N2CCCNCCC2)c1. The van der Waals surface area contributed by atoms with Crippen LogP contribution in [0.2, 0.25) is 0 Å². The molecule has 25 heavy (non-hydrogen) atoms. The van der Waals surface area contributed by atoms with Gasteiger partial charge in [0.05, 0.1) is 0 Å². The minimum absolute atomic E-state index is 0.253. The highest BCUT2D eigenvalue weighted by Gasteiger charge is 2.16. The van der Waals surface area contributed by atoms with Crippen LogP contribution in [-0.4, -0.2) is 36.9 Å². The summed E-state index contributed by atoms with van der Waals surface area (Å²) < 4.78 is 13.1. The van der Waals surface area contributed by atoms with E-state index in [0.717, 1.165) is 61.5 Å². The summed E-state index contributed by atoms with van der Waals surface area (Å²) in [5.41, 5.74) is 3.70. The lowest BCUT2D eigenvalue weighted by molar-refractivity contribution is 0.369. The lowest BCUT2D eigenvalue weighted by Crippen LogP contribution is -2.38. The number of amidine groups is 1. The van der Waals surface area contributed by atoms with Crippen molar-refractivity contribution in [3.63, 3.8) is 0 Å². The Bertz CT molecular complexity index is 719. The fourth-order valence-electron chi connectivity index (χ4n) is 3.07. The first kappa shape index (κ1) is 17.4. The molecule has 0 bridgehead atoms. The Balaban J connectivity index is 1.84. The second-order valence-electron chi connectivity index (χ2n) is 6.47. The zero-order valence-corrected chi connectivity index (χ0v) is 14.6. The molecule has 0 unspecified atom stereocenters. The Morgan fingerprint density at radius 1 is 1.08 bits per heavy atom. The van der Waals surface area contributed by atoms with Crippen molar-refractivity contribution in [2.45, 2.75) is 19.8 Å². The van der Waals surface area contributed by atoms with E-state index in [9.17, 15) is 4.39 Å². The predicted molar refractivity (Wildman–Crippen MR) is 101 cm³/mol. The van der Waals surface area contributed by atoms with Crippen LogP contribution in [0.5, 0.6) is 0 Å². The summed E-state index contributed by atoms with van der Waals surface area (Å²) in [7, 11) is 0. The lowest BCUT2D eigenvalue weighted by atomic mass is 10.1. The first-order chi connectivity index (χ1) is 12.1. The van der Waals surface area contributed by atoms with Crippen LogP contribution in [0.25, 0.3) is 0 Å². The number of hydrogen-bond donors (Lipinski definition) is 3. The van der Waals surface area contributed by atoms with Crippen LogP contribution >= 0.6 is 0 Å². The second-order valence-corrected chi connectivity index (χ2v) is 6.47. The largest absolute Gasteiger partial charge is 0.356 e. The average Bonchev–Trinajstić information content (AvgIpc) is 2.58. The summed E-state index contributed by atoms with van der Waals surface area (Å²) in [5, 5.41) is 15.5. The Hall–Kier alpha value is -2.40. The maximum absolute atomic E-state index is 13.1. The van der Waals surface area contributed by atoms with Gasteiger partial charge >= 0.3 is 0 Å². The van der Waals surface area contributed by atoms with Gasteiger partial charge in [0.25, 0.3) is 0 Å². The minimum Gasteiger partial charge on any atom is -0.356 e. The Morgan fingerprint density at radius 2 is 1.76 bits per heavy atom. The van der Waals surface area contributed by atoms with E-state index in [-0.39, 0.29) is 5.82 Å². The van der Waals surface area contributed by atoms with Gasteiger partial charge in [0.15, 0.2) is 0 Å². The van der Waals surface area contributed by atoms with E-state index in [2.05, 4.69) is 15.5 Å². The quantitative estimate of drug-likeness (QED) is 0.587. The summed E-state index contributed by atoms with van der Waals surface area (Å²) in [4.78, 5) is 2.16. The molecule has 4 nitrogen and oxygen atoms in total. The minimum atomic E-state index is -0.253. The zero-order valence-electron chi connectivity index (χ0n) is 14.6. The van der Waals surface area contributed by atoms with Gasteiger partial charge in [-0.15, -0.1) is 0 Å². The molecule has 1 saturated heterocycles. The van der Waals surface area contributed by atoms with Crippen LogP contribution < -0.4 is 10.6 Å². The topological polar surface area (TPSA) is 51.2 Å². The first-order valence-corrected chi connectivity index (χ1v) is 8.81. The van der Waals surface area contributed by atoms with Crippen LogP contribution in [0, 0.1) is 18.2 Å². The zero-order chi connectivity index (χ0) is 17.6. The monoisotopic (exact) mass is 340 g/mol. The third kappa shape index (κ3) is 4.57. The number of nitrogens with zero attached hydrogens (tertiary/aromatic N) is 1. The van der Waals surface area contributed by atoms with Crippen LogP contribution in [0.4, 0.5) is 15.8 Å². The highest BCUT2D eigenvalue weighted by molar-refractivity contribution is 6.02. The molecule has 2 aromatic carbocycles. The first-order valence-electron chi connectivity index (χ1n) is 8.81. The molecule has 1 heterocycles. The van der Waals surface area contributed by atoms with E-state index >= 15 is 0 Å². The van der Waals surface area contributed by atoms with E-state index in [1.54, 1.807) is 12.1 Å². The molecule has 1 aliphatic rings. The van der Waals surface area contributed by atoms with Gasteiger partial charge in [-0.2, -0.15) is 0 Å². The van der Waals surface area contributed by atoms with Gasteiger partial charge in [-0.1, -0.05) is 11.6 Å². The molecule has 1 aliphatic heterocycles. The Labute approximate surface area is 148 Å². The number of anilines is 2. The van der Waals surface area contributed by atoms with Gasteiger partial charge in [-0.25, -0.2) is 4.39 Å². The number of halogens is 1. The summed E-state index contributed by atoms with van der Waals surface area (Å²) >= 11 is 0. The maximum atomic E-state index is 13.1. The van der Waals surface area contributed by atoms with Crippen LogP contribution in [0.3, 0.4) is 0 Å². The molecule has 5 heteroatoms. The van der Waals surface area contributed by atoms with Gasteiger partial charge < -0.3 is 15.5 Å². The van der Waals surface area contributed by atoms with Crippen molar-refractivity contribution in [1.29, 1.82) is 5.41 Å². The molecule has 0 radical (unpaired) electrons. The van der Waals surface area contributed by atoms with E-state index < -0.39 is 0 Å². The second kappa shape index (κ2) is 8.12. The maximum Gasteiger partial charge on any atom is 0.130 e. The molecule has 3 rings (SSSR count). The summed E-state index contributed by atoms with van der Waals surface area (Å²) in [5.74, 6) is 0.298. The predicted octanol–water partition coefficient (Wildman–Crippen LogP) is 3.89. The highest BCUT2D eigenvalue weighted by atomic mass is 19.1. The fraction of sp³-hybridized carbons (Fsp3) is 0.350. The van der Waals surface area contributed by atoms with Crippen LogP contribution in [-0.2, 0) is 0 Å². The molecular weight excluding hydrogens is 315 g/mol. The number of rotatable bonds is 3. The van der Waals surface area contributed by atoms with E-state index in [0.29, 0.717) is 5.84 Å². The third-order valence-corrected chi connectivity index (χ3v) is 4.43. The molecule has 0 amide bonds. The van der Waals surface area contributed by atoms with E-state index in [4.69, 9.17) is 5.41 Å². The number of aryl methyl sites for hydroxylation is 1. The molecule has 0 spiro atoms. The van der Waals surface area contributed by atoms with E-state index in [1.165, 1.54) is 12.1 Å². The summed E-state index contributed by atoms with van der Waals surface area (Å²) in [6.45, 7) is 5.80. The Morgan fingerprint density at radius 3 is 2.44 bits per heavy atom. The van der Waals surface area contributed by atoms with Crippen molar-refractivity contribution in [2.75, 3.05) is 31.5 Å². The molecule has 1 fully saturated rings. The molecule has 0 aromatic heterocycles. The van der Waals surface area contributed by atoms with Crippen LogP contribution in [0.15, 0.2) is 42.5 Å². The third-order valence-electron chi connectivity index (χ3n) is 4.43. The molecule has 0 saturated carbocycles. The highest BCUT2D eigenvalue weighted by Crippen LogP contribution is 2.24. The normalized spacial score (nSPS) is 15.4. The number of hydrogen-bond acceptors (Lipinski definition) is 3. The van der Waals surface area contributed by atoms with E-state index in [1.807, 2.05) is 25.1 Å². The molecule has 132 valence electrons. The molecule has 3 N–H and O–H groups in total. The number of nitrogens with one attached hydrogen (secondary N) is 3. The molecule has 2 aromatic rings. The smallest absolute Gasteiger partial charge is 0.130 e. The van der Waals surface area contributed by atoms with Crippen molar-refractivity contribution in [3.05, 3.63) is 59.4 Å². The van der Waals surface area contributed by atoms with Gasteiger partial charge in [0.2, 0.25) is 0 Å². The molecule has 0 aliphatic carbocycles. The van der Waals surface area contributed by atoms with Gasteiger partial charge in [0.1, 0.15) is 11.7 Å². The van der Waals surface area contributed by atoms with Crippen molar-refractivity contribution < 1.29 is 4.39 Å². The fourth-order valence-corrected chi connectivity index (χ4v) is 3.07. The van der Waals surface area contributed by atoms with Crippen LogP contribution in [0.1, 0.15) is 24.0 Å². The number of benzene rings is 2. The van der Waals surface area contributed by atoms with Crippen molar-refractivity contribution >= 4 is 17.2 Å².